The van der Waals surface area contributed by atoms with Crippen LogP contribution >= 0.6 is 35.4 Å². The molecule has 1 aromatic heterocycles. The summed E-state index contributed by atoms with van der Waals surface area (Å²) in [6.45, 7) is 2.65. The number of furan rings is 1. The standard InChI is InChI=1S/C15H15Cl2N3O3S/c1-2-18-15(24)20-19-14(21)12-6-4-10(23-12)8-22-13-7-9(16)3-5-11(13)17/h3-7H,2,8H2,1H3,(H,19,21)(H2,18,20,24). The van der Waals surface area contributed by atoms with Crippen LogP contribution in [0.1, 0.15) is 23.2 Å². The van der Waals surface area contributed by atoms with Crippen LogP contribution in [-0.4, -0.2) is 17.6 Å². The van der Waals surface area contributed by atoms with Crippen molar-refractivity contribution in [1.29, 1.82) is 0 Å². The van der Waals surface area contributed by atoms with Crippen LogP contribution in [0.25, 0.3) is 0 Å². The van der Waals surface area contributed by atoms with Gasteiger partial charge in [0.05, 0.1) is 5.02 Å². The third kappa shape index (κ3) is 5.30. The van der Waals surface area contributed by atoms with E-state index in [0.29, 0.717) is 33.2 Å². The Morgan fingerprint density at radius 2 is 2.04 bits per heavy atom. The molecule has 1 amide bonds. The van der Waals surface area contributed by atoms with Gasteiger partial charge >= 0.3 is 5.91 Å². The van der Waals surface area contributed by atoms with Crippen molar-refractivity contribution in [3.8, 4) is 5.75 Å². The number of amides is 1. The second kappa shape index (κ2) is 8.77. The number of hydrogen-bond acceptors (Lipinski definition) is 4. The molecule has 1 aromatic carbocycles. The third-order valence-electron chi connectivity index (χ3n) is 2.78. The van der Waals surface area contributed by atoms with Crippen LogP contribution in [-0.2, 0) is 6.61 Å². The number of benzene rings is 1. The van der Waals surface area contributed by atoms with E-state index in [9.17, 15) is 4.79 Å². The second-order valence-corrected chi connectivity index (χ2v) is 5.82. The van der Waals surface area contributed by atoms with Gasteiger partial charge in [-0.1, -0.05) is 23.2 Å². The Labute approximate surface area is 154 Å². The minimum atomic E-state index is -0.456. The van der Waals surface area contributed by atoms with E-state index in [1.165, 1.54) is 6.07 Å². The molecule has 0 atom stereocenters. The number of hydrogen-bond donors (Lipinski definition) is 3. The molecule has 0 radical (unpaired) electrons. The van der Waals surface area contributed by atoms with Crippen molar-refractivity contribution < 1.29 is 13.9 Å². The van der Waals surface area contributed by atoms with Gasteiger partial charge in [-0.2, -0.15) is 0 Å². The lowest BCUT2D eigenvalue weighted by Crippen LogP contribution is -2.46. The van der Waals surface area contributed by atoms with Crippen LogP contribution in [0, 0.1) is 0 Å². The molecule has 24 heavy (non-hydrogen) atoms. The number of ether oxygens (including phenoxy) is 1. The van der Waals surface area contributed by atoms with Crippen molar-refractivity contribution in [2.75, 3.05) is 6.54 Å². The number of hydrazine groups is 1. The van der Waals surface area contributed by atoms with Crippen LogP contribution in [0.2, 0.25) is 10.0 Å². The quantitative estimate of drug-likeness (QED) is 0.539. The van der Waals surface area contributed by atoms with Gasteiger partial charge in [0.25, 0.3) is 0 Å². The summed E-state index contributed by atoms with van der Waals surface area (Å²) in [6.07, 6.45) is 0. The molecule has 0 fully saturated rings. The average molecular weight is 388 g/mol. The first-order valence-electron chi connectivity index (χ1n) is 7.00. The zero-order valence-electron chi connectivity index (χ0n) is 12.7. The lowest BCUT2D eigenvalue weighted by atomic mass is 10.3. The normalized spacial score (nSPS) is 10.1. The molecular formula is C15H15Cl2N3O3S. The fourth-order valence-corrected chi connectivity index (χ4v) is 2.22. The minimum absolute atomic E-state index is 0.108. The molecule has 0 spiro atoms. The van der Waals surface area contributed by atoms with E-state index in [2.05, 4.69) is 16.2 Å². The molecule has 0 aliphatic carbocycles. The van der Waals surface area contributed by atoms with Crippen molar-refractivity contribution >= 4 is 46.4 Å². The maximum Gasteiger partial charge on any atom is 0.305 e. The molecule has 3 N–H and O–H groups in total. The minimum Gasteiger partial charge on any atom is -0.484 e. The SMILES string of the molecule is CCNC(=S)NNC(=O)c1ccc(COc2cc(Cl)ccc2Cl)o1. The van der Waals surface area contributed by atoms with Crippen LogP contribution in [0.5, 0.6) is 5.75 Å². The van der Waals surface area contributed by atoms with Gasteiger partial charge < -0.3 is 14.5 Å². The summed E-state index contributed by atoms with van der Waals surface area (Å²) in [6, 6.07) is 8.07. The largest absolute Gasteiger partial charge is 0.484 e. The molecule has 0 aliphatic heterocycles. The summed E-state index contributed by atoms with van der Waals surface area (Å²) in [4.78, 5) is 11.9. The highest BCUT2D eigenvalue weighted by Crippen LogP contribution is 2.28. The van der Waals surface area contributed by atoms with Gasteiger partial charge in [0, 0.05) is 17.6 Å². The van der Waals surface area contributed by atoms with E-state index in [-0.39, 0.29) is 12.4 Å². The first kappa shape index (κ1) is 18.4. The molecule has 6 nitrogen and oxygen atoms in total. The Balaban J connectivity index is 1.89. The van der Waals surface area contributed by atoms with Gasteiger partial charge in [-0.3, -0.25) is 15.6 Å². The van der Waals surface area contributed by atoms with E-state index in [1.54, 1.807) is 24.3 Å². The maximum absolute atomic E-state index is 11.9. The summed E-state index contributed by atoms with van der Waals surface area (Å²) in [5.41, 5.74) is 4.98. The summed E-state index contributed by atoms with van der Waals surface area (Å²) in [5.74, 6) is 0.564. The van der Waals surface area contributed by atoms with Crippen molar-refractivity contribution in [2.45, 2.75) is 13.5 Å². The summed E-state index contributed by atoms with van der Waals surface area (Å²) in [7, 11) is 0. The lowest BCUT2D eigenvalue weighted by Gasteiger charge is -2.09. The number of carbonyl (C=O) groups is 1. The fraction of sp³-hybridized carbons (Fsp3) is 0.200. The number of carbonyl (C=O) groups excluding carboxylic acids is 1. The first-order chi connectivity index (χ1) is 11.5. The predicted molar refractivity (Wildman–Crippen MR) is 96.4 cm³/mol. The van der Waals surface area contributed by atoms with Gasteiger partial charge in [0.2, 0.25) is 0 Å². The van der Waals surface area contributed by atoms with E-state index in [4.69, 9.17) is 44.6 Å². The molecular weight excluding hydrogens is 373 g/mol. The molecule has 0 bridgehead atoms. The second-order valence-electron chi connectivity index (χ2n) is 4.57. The zero-order valence-corrected chi connectivity index (χ0v) is 15.0. The summed E-state index contributed by atoms with van der Waals surface area (Å²) >= 11 is 16.8. The molecule has 2 rings (SSSR count). The van der Waals surface area contributed by atoms with E-state index < -0.39 is 5.91 Å². The van der Waals surface area contributed by atoms with E-state index in [1.807, 2.05) is 6.92 Å². The Bertz CT molecular complexity index is 737. The fourth-order valence-electron chi connectivity index (χ4n) is 1.69. The first-order valence-corrected chi connectivity index (χ1v) is 8.16. The molecule has 0 saturated carbocycles. The highest BCUT2D eigenvalue weighted by molar-refractivity contribution is 7.80. The topological polar surface area (TPSA) is 75.5 Å². The smallest absolute Gasteiger partial charge is 0.305 e. The van der Waals surface area contributed by atoms with Crippen LogP contribution < -0.4 is 20.9 Å². The predicted octanol–water partition coefficient (Wildman–Crippen LogP) is 3.29. The third-order valence-corrected chi connectivity index (χ3v) is 3.57. The Hall–Kier alpha value is -1.96. The lowest BCUT2D eigenvalue weighted by molar-refractivity contribution is 0.0911. The summed E-state index contributed by atoms with van der Waals surface area (Å²) < 4.78 is 11.0. The Kier molecular flexibility index (Phi) is 6.72. The van der Waals surface area contributed by atoms with E-state index in [0.717, 1.165) is 0 Å². The zero-order chi connectivity index (χ0) is 17.5. The molecule has 1 heterocycles. The highest BCUT2D eigenvalue weighted by Gasteiger charge is 2.12. The van der Waals surface area contributed by atoms with Gasteiger partial charge in [-0.05, 0) is 43.4 Å². The van der Waals surface area contributed by atoms with Crippen molar-refractivity contribution in [2.24, 2.45) is 0 Å². The Morgan fingerprint density at radius 3 is 2.79 bits per heavy atom. The van der Waals surface area contributed by atoms with Crippen molar-refractivity contribution in [3.05, 3.63) is 51.9 Å². The van der Waals surface area contributed by atoms with Gasteiger partial charge in [0.15, 0.2) is 10.9 Å². The van der Waals surface area contributed by atoms with Crippen LogP contribution in [0.15, 0.2) is 34.7 Å². The molecule has 128 valence electrons. The van der Waals surface area contributed by atoms with Gasteiger partial charge in [-0.15, -0.1) is 0 Å². The van der Waals surface area contributed by atoms with Crippen molar-refractivity contribution in [1.82, 2.24) is 16.2 Å². The monoisotopic (exact) mass is 387 g/mol. The van der Waals surface area contributed by atoms with Crippen LogP contribution in [0.4, 0.5) is 0 Å². The van der Waals surface area contributed by atoms with Gasteiger partial charge in [-0.25, -0.2) is 0 Å². The van der Waals surface area contributed by atoms with Crippen LogP contribution in [0.3, 0.4) is 0 Å². The average Bonchev–Trinajstić information content (AvgIpc) is 3.03. The maximum atomic E-state index is 11.9. The number of thiocarbonyl (C=S) groups is 1. The summed E-state index contributed by atoms with van der Waals surface area (Å²) in [5, 5.41) is 4.10. The molecule has 2 aromatic rings. The number of nitrogens with one attached hydrogen (secondary N) is 3. The molecule has 0 aliphatic rings. The van der Waals surface area contributed by atoms with E-state index >= 15 is 0 Å². The molecule has 0 unspecified atom stereocenters. The van der Waals surface area contributed by atoms with Crippen molar-refractivity contribution in [3.63, 3.8) is 0 Å². The van der Waals surface area contributed by atoms with Gasteiger partial charge in [0.1, 0.15) is 18.1 Å². The Morgan fingerprint density at radius 1 is 1.25 bits per heavy atom. The number of rotatable bonds is 5. The highest BCUT2D eigenvalue weighted by atomic mass is 35.5. The number of halogens is 2. The molecule has 0 saturated heterocycles. The molecule has 9 heteroatoms.